The van der Waals surface area contributed by atoms with Gasteiger partial charge in [0.1, 0.15) is 11.9 Å². The number of piperidine rings is 1. The molecule has 2 heterocycles. The van der Waals surface area contributed by atoms with Gasteiger partial charge in [-0.2, -0.15) is 0 Å². The zero-order chi connectivity index (χ0) is 21.3. The largest absolute Gasteiger partial charge is 0.485 e. The molecule has 1 saturated heterocycles. The summed E-state index contributed by atoms with van der Waals surface area (Å²) in [6.07, 6.45) is 1.48. The predicted octanol–water partition coefficient (Wildman–Crippen LogP) is 5.64. The molecule has 0 amide bonds. The highest BCUT2D eigenvalue weighted by molar-refractivity contribution is 6.30. The van der Waals surface area contributed by atoms with Gasteiger partial charge in [-0.25, -0.2) is 0 Å². The number of nitrogens with zero attached hydrogens (tertiary/aromatic N) is 2. The van der Waals surface area contributed by atoms with E-state index in [-0.39, 0.29) is 18.5 Å². The summed E-state index contributed by atoms with van der Waals surface area (Å²) in [5, 5.41) is 11.9. The maximum atomic E-state index is 11.2. The lowest BCUT2D eigenvalue weighted by Crippen LogP contribution is -2.49. The molecule has 1 unspecified atom stereocenters. The Labute approximate surface area is 200 Å². The highest BCUT2D eigenvalue weighted by atomic mass is 35.5. The molecule has 0 bridgehead atoms. The highest BCUT2D eigenvalue weighted by Gasteiger charge is 2.36. The number of anilines is 2. The Hall–Kier alpha value is -2.24. The van der Waals surface area contributed by atoms with Gasteiger partial charge in [0.25, 0.3) is 0 Å². The van der Waals surface area contributed by atoms with E-state index in [0.29, 0.717) is 17.9 Å². The van der Waals surface area contributed by atoms with E-state index in [1.807, 2.05) is 42.5 Å². The van der Waals surface area contributed by atoms with Crippen LogP contribution in [0.1, 0.15) is 18.4 Å². The summed E-state index contributed by atoms with van der Waals surface area (Å²) in [5.41, 5.74) is 2.46. The standard InChI is InChI=1S/C26H27ClN2O2.ClH/c27-21-12-10-20(11-13-21)26(30)14-16-28(17-15-26)18-23-19-29(22-6-2-1-3-7-22)24-8-4-5-9-25(24)31-23;/h1-13,23,30H,14-19H2;1H. The van der Waals surface area contributed by atoms with Crippen molar-refractivity contribution in [2.24, 2.45) is 0 Å². The number of rotatable bonds is 4. The average Bonchev–Trinajstić information content (AvgIpc) is 2.81. The molecule has 1 atom stereocenters. The van der Waals surface area contributed by atoms with Crippen molar-refractivity contribution >= 4 is 35.4 Å². The molecule has 1 fully saturated rings. The molecule has 168 valence electrons. The molecule has 6 heteroatoms. The number of para-hydroxylation sites is 3. The maximum Gasteiger partial charge on any atom is 0.143 e. The summed E-state index contributed by atoms with van der Waals surface area (Å²) < 4.78 is 6.38. The fraction of sp³-hybridized carbons (Fsp3) is 0.308. The van der Waals surface area contributed by atoms with Gasteiger partial charge in [-0.15, -0.1) is 12.4 Å². The van der Waals surface area contributed by atoms with Crippen LogP contribution in [0.5, 0.6) is 5.75 Å². The van der Waals surface area contributed by atoms with E-state index in [2.05, 4.69) is 46.2 Å². The zero-order valence-electron chi connectivity index (χ0n) is 17.9. The first-order chi connectivity index (χ1) is 15.1. The first-order valence-corrected chi connectivity index (χ1v) is 11.3. The van der Waals surface area contributed by atoms with E-state index in [4.69, 9.17) is 16.3 Å². The fourth-order valence-electron chi connectivity index (χ4n) is 4.69. The Balaban J connectivity index is 0.00000245. The smallest absolute Gasteiger partial charge is 0.143 e. The van der Waals surface area contributed by atoms with E-state index in [9.17, 15) is 5.11 Å². The number of aliphatic hydroxyl groups is 1. The molecular weight excluding hydrogens is 443 g/mol. The number of benzene rings is 3. The van der Waals surface area contributed by atoms with Crippen LogP contribution >= 0.6 is 24.0 Å². The number of likely N-dealkylation sites (tertiary alicyclic amines) is 1. The fourth-order valence-corrected chi connectivity index (χ4v) is 4.81. The van der Waals surface area contributed by atoms with Crippen molar-refractivity contribution in [1.82, 2.24) is 4.90 Å². The lowest BCUT2D eigenvalue weighted by atomic mass is 9.84. The lowest BCUT2D eigenvalue weighted by Gasteiger charge is -2.42. The Morgan fingerprint density at radius 1 is 0.906 bits per heavy atom. The van der Waals surface area contributed by atoms with Gasteiger partial charge >= 0.3 is 0 Å². The summed E-state index contributed by atoms with van der Waals surface area (Å²) in [4.78, 5) is 4.75. The van der Waals surface area contributed by atoms with Crippen molar-refractivity contribution in [3.63, 3.8) is 0 Å². The predicted molar refractivity (Wildman–Crippen MR) is 133 cm³/mol. The first-order valence-electron chi connectivity index (χ1n) is 10.9. The van der Waals surface area contributed by atoms with Crippen molar-refractivity contribution < 1.29 is 9.84 Å². The Morgan fingerprint density at radius 2 is 1.56 bits per heavy atom. The summed E-state index contributed by atoms with van der Waals surface area (Å²) in [5.74, 6) is 0.928. The molecule has 4 nitrogen and oxygen atoms in total. The summed E-state index contributed by atoms with van der Waals surface area (Å²) >= 11 is 6.01. The number of hydrogen-bond acceptors (Lipinski definition) is 4. The Morgan fingerprint density at radius 3 is 2.28 bits per heavy atom. The van der Waals surface area contributed by atoms with Crippen molar-refractivity contribution in [3.05, 3.63) is 89.4 Å². The number of halogens is 2. The van der Waals surface area contributed by atoms with Crippen LogP contribution in [-0.2, 0) is 5.60 Å². The monoisotopic (exact) mass is 470 g/mol. The summed E-state index contributed by atoms with van der Waals surface area (Å²) in [6, 6.07) is 26.3. The molecule has 2 aliphatic heterocycles. The van der Waals surface area contributed by atoms with Gasteiger partial charge in [-0.3, -0.25) is 4.90 Å². The average molecular weight is 471 g/mol. The van der Waals surface area contributed by atoms with Gasteiger partial charge in [0, 0.05) is 30.3 Å². The van der Waals surface area contributed by atoms with Crippen LogP contribution in [-0.4, -0.2) is 42.3 Å². The molecule has 0 aliphatic carbocycles. The van der Waals surface area contributed by atoms with Gasteiger partial charge in [0.15, 0.2) is 0 Å². The first kappa shape index (κ1) is 22.9. The SMILES string of the molecule is Cl.OC1(c2ccc(Cl)cc2)CCN(CC2CN(c3ccccc3)c3ccccc3O2)CC1. The Kier molecular flexibility index (Phi) is 6.96. The van der Waals surface area contributed by atoms with E-state index in [0.717, 1.165) is 43.2 Å². The maximum absolute atomic E-state index is 11.2. The number of ether oxygens (including phenoxy) is 1. The molecule has 0 radical (unpaired) electrons. The minimum absolute atomic E-state index is 0. The van der Waals surface area contributed by atoms with Crippen LogP contribution in [0.4, 0.5) is 11.4 Å². The van der Waals surface area contributed by atoms with Crippen LogP contribution in [0.15, 0.2) is 78.9 Å². The van der Waals surface area contributed by atoms with Crippen LogP contribution in [0.3, 0.4) is 0 Å². The van der Waals surface area contributed by atoms with Gasteiger partial charge < -0.3 is 14.7 Å². The molecule has 3 aromatic rings. The van der Waals surface area contributed by atoms with Crippen LogP contribution in [0.2, 0.25) is 5.02 Å². The second kappa shape index (κ2) is 9.72. The van der Waals surface area contributed by atoms with Gasteiger partial charge in [0.2, 0.25) is 0 Å². The second-order valence-corrected chi connectivity index (χ2v) is 8.93. The third-order valence-electron chi connectivity index (χ3n) is 6.43. The van der Waals surface area contributed by atoms with Crippen molar-refractivity contribution in [1.29, 1.82) is 0 Å². The molecule has 2 aliphatic rings. The minimum Gasteiger partial charge on any atom is -0.485 e. The molecule has 0 spiro atoms. The molecule has 0 saturated carbocycles. The zero-order valence-corrected chi connectivity index (χ0v) is 19.4. The van der Waals surface area contributed by atoms with Crippen LogP contribution < -0.4 is 9.64 Å². The van der Waals surface area contributed by atoms with E-state index in [1.54, 1.807) is 0 Å². The molecule has 1 N–H and O–H groups in total. The molecule has 0 aromatic heterocycles. The van der Waals surface area contributed by atoms with Crippen molar-refractivity contribution in [2.45, 2.75) is 24.5 Å². The summed E-state index contributed by atoms with van der Waals surface area (Å²) in [7, 11) is 0. The third-order valence-corrected chi connectivity index (χ3v) is 6.68. The lowest BCUT2D eigenvalue weighted by molar-refractivity contribution is -0.0324. The minimum atomic E-state index is -0.781. The van der Waals surface area contributed by atoms with Gasteiger partial charge in [0.05, 0.1) is 17.8 Å². The van der Waals surface area contributed by atoms with Crippen molar-refractivity contribution in [2.75, 3.05) is 31.1 Å². The molecule has 32 heavy (non-hydrogen) atoms. The van der Waals surface area contributed by atoms with Gasteiger partial charge in [-0.1, -0.05) is 54.1 Å². The number of fused-ring (bicyclic) bond motifs is 1. The highest BCUT2D eigenvalue weighted by Crippen LogP contribution is 2.39. The molecule has 5 rings (SSSR count). The third kappa shape index (κ3) is 4.74. The van der Waals surface area contributed by atoms with Gasteiger partial charge in [-0.05, 0) is 54.8 Å². The molecule has 3 aromatic carbocycles. The molecular formula is C26H28Cl2N2O2. The van der Waals surface area contributed by atoms with E-state index in [1.165, 1.54) is 5.69 Å². The summed E-state index contributed by atoms with van der Waals surface area (Å²) in [6.45, 7) is 3.32. The second-order valence-electron chi connectivity index (χ2n) is 8.49. The topological polar surface area (TPSA) is 35.9 Å². The Bertz CT molecular complexity index is 1020. The normalized spacial score (nSPS) is 20.1. The van der Waals surface area contributed by atoms with Crippen LogP contribution in [0, 0.1) is 0 Å². The van der Waals surface area contributed by atoms with E-state index < -0.39 is 5.60 Å². The van der Waals surface area contributed by atoms with Crippen LogP contribution in [0.25, 0.3) is 0 Å². The quantitative estimate of drug-likeness (QED) is 0.534. The van der Waals surface area contributed by atoms with Crippen molar-refractivity contribution in [3.8, 4) is 5.75 Å². The number of hydrogen-bond donors (Lipinski definition) is 1. The van der Waals surface area contributed by atoms with E-state index >= 15 is 0 Å².